The van der Waals surface area contributed by atoms with E-state index >= 15 is 0 Å². The lowest BCUT2D eigenvalue weighted by atomic mass is 10.1. The van der Waals surface area contributed by atoms with Gasteiger partial charge in [-0.2, -0.15) is 0 Å². The second kappa shape index (κ2) is 9.19. The number of thiazole rings is 1. The van der Waals surface area contributed by atoms with Gasteiger partial charge in [0, 0.05) is 22.9 Å². The Hall–Kier alpha value is -3.37. The van der Waals surface area contributed by atoms with E-state index in [0.717, 1.165) is 15.8 Å². The average molecular weight is 454 g/mol. The van der Waals surface area contributed by atoms with Gasteiger partial charge in [-0.25, -0.2) is 24.5 Å². The average Bonchev–Trinajstić information content (AvgIpc) is 3.41. The Morgan fingerprint density at radius 3 is 2.65 bits per heavy atom. The van der Waals surface area contributed by atoms with Crippen LogP contribution in [0.3, 0.4) is 0 Å². The fourth-order valence-corrected chi connectivity index (χ4v) is 4.77. The summed E-state index contributed by atoms with van der Waals surface area (Å²) in [7, 11) is 0. The second-order valence-corrected chi connectivity index (χ2v) is 8.22. The predicted octanol–water partition coefficient (Wildman–Crippen LogP) is 4.80. The summed E-state index contributed by atoms with van der Waals surface area (Å²) in [4.78, 5) is 39.1. The molecule has 0 aliphatic carbocycles. The van der Waals surface area contributed by atoms with Crippen LogP contribution in [-0.2, 0) is 4.74 Å². The first-order valence-electron chi connectivity index (χ1n) is 9.64. The molecular formula is C21H19N5O3S2. The fraction of sp³-hybridized carbons (Fsp3) is 0.190. The number of thiophene rings is 1. The van der Waals surface area contributed by atoms with Gasteiger partial charge in [-0.05, 0) is 19.9 Å². The molecule has 2 amide bonds. The first-order valence-corrected chi connectivity index (χ1v) is 11.3. The first-order chi connectivity index (χ1) is 15.1. The highest BCUT2D eigenvalue weighted by molar-refractivity contribution is 7.25. The van der Waals surface area contributed by atoms with Crippen molar-refractivity contribution in [3.8, 4) is 21.1 Å². The number of hydrogen-bond donors (Lipinski definition) is 2. The van der Waals surface area contributed by atoms with Crippen molar-refractivity contribution in [1.82, 2.24) is 20.3 Å². The molecule has 0 saturated carbocycles. The number of nitrogens with one attached hydrogen (secondary N) is 2. The number of anilines is 1. The third kappa shape index (κ3) is 4.54. The van der Waals surface area contributed by atoms with E-state index < -0.39 is 5.97 Å². The molecule has 4 rings (SSSR count). The molecule has 3 heterocycles. The minimum absolute atomic E-state index is 0.219. The number of amides is 2. The van der Waals surface area contributed by atoms with E-state index in [1.807, 2.05) is 43.3 Å². The number of carbonyl (C=O) groups excluding carboxylic acids is 2. The molecule has 0 aliphatic rings. The van der Waals surface area contributed by atoms with Gasteiger partial charge in [-0.1, -0.05) is 30.3 Å². The molecule has 158 valence electrons. The van der Waals surface area contributed by atoms with Crippen molar-refractivity contribution in [3.05, 3.63) is 47.5 Å². The molecule has 0 aliphatic heterocycles. The summed E-state index contributed by atoms with van der Waals surface area (Å²) in [5.74, 6) is -0.221. The standard InChI is InChI=1S/C21H19N5O3S2/c1-3-22-21(28)26-20-24-16(12-8-6-5-7-9-12)13-10-15(31-17(13)25-20)18-23-14(11-30-18)19(27)29-4-2/h5-11H,3-4H2,1-2H3,(H2,22,24,25,26,28). The monoisotopic (exact) mass is 453 g/mol. The fourth-order valence-electron chi connectivity index (χ4n) is 2.89. The van der Waals surface area contributed by atoms with Crippen LogP contribution in [0.4, 0.5) is 10.7 Å². The topological polar surface area (TPSA) is 106 Å². The van der Waals surface area contributed by atoms with Gasteiger partial charge in [0.2, 0.25) is 5.95 Å². The number of ether oxygens (including phenoxy) is 1. The quantitative estimate of drug-likeness (QED) is 0.406. The van der Waals surface area contributed by atoms with Crippen LogP contribution in [0.25, 0.3) is 31.4 Å². The summed E-state index contributed by atoms with van der Waals surface area (Å²) in [6.45, 7) is 4.39. The molecule has 0 spiro atoms. The number of hydrogen-bond acceptors (Lipinski definition) is 8. The number of carbonyl (C=O) groups is 2. The molecule has 31 heavy (non-hydrogen) atoms. The van der Waals surface area contributed by atoms with Gasteiger partial charge in [0.15, 0.2) is 5.69 Å². The zero-order chi connectivity index (χ0) is 21.8. The number of aromatic nitrogens is 3. The van der Waals surface area contributed by atoms with E-state index in [9.17, 15) is 9.59 Å². The summed E-state index contributed by atoms with van der Waals surface area (Å²) in [5.41, 5.74) is 1.90. The number of benzene rings is 1. The highest BCUT2D eigenvalue weighted by Gasteiger charge is 2.18. The number of nitrogens with zero attached hydrogens (tertiary/aromatic N) is 3. The molecule has 2 N–H and O–H groups in total. The Bertz CT molecular complexity index is 1240. The Morgan fingerprint density at radius 1 is 1.10 bits per heavy atom. The largest absolute Gasteiger partial charge is 0.461 e. The highest BCUT2D eigenvalue weighted by atomic mass is 32.1. The molecule has 0 fully saturated rings. The molecule has 0 radical (unpaired) electrons. The van der Waals surface area contributed by atoms with Crippen LogP contribution < -0.4 is 10.6 Å². The van der Waals surface area contributed by atoms with Gasteiger partial charge < -0.3 is 10.1 Å². The van der Waals surface area contributed by atoms with Crippen LogP contribution >= 0.6 is 22.7 Å². The normalized spacial score (nSPS) is 10.8. The lowest BCUT2D eigenvalue weighted by Crippen LogP contribution is -2.29. The van der Waals surface area contributed by atoms with Crippen molar-refractivity contribution in [2.45, 2.75) is 13.8 Å². The maximum absolute atomic E-state index is 12.0. The minimum atomic E-state index is -0.440. The molecule has 0 unspecified atom stereocenters. The summed E-state index contributed by atoms with van der Waals surface area (Å²) >= 11 is 2.79. The first kappa shape index (κ1) is 20.9. The third-order valence-corrected chi connectivity index (χ3v) is 6.24. The molecule has 0 saturated heterocycles. The highest BCUT2D eigenvalue weighted by Crippen LogP contribution is 2.38. The van der Waals surface area contributed by atoms with E-state index in [1.165, 1.54) is 22.7 Å². The Labute approximate surface area is 186 Å². The number of rotatable bonds is 6. The maximum Gasteiger partial charge on any atom is 0.357 e. The molecule has 8 nitrogen and oxygen atoms in total. The van der Waals surface area contributed by atoms with Crippen molar-refractivity contribution in [3.63, 3.8) is 0 Å². The molecular weight excluding hydrogens is 434 g/mol. The van der Waals surface area contributed by atoms with Gasteiger partial charge in [0.25, 0.3) is 0 Å². The molecule has 0 bridgehead atoms. The molecule has 10 heteroatoms. The Kier molecular flexibility index (Phi) is 6.19. The summed E-state index contributed by atoms with van der Waals surface area (Å²) in [6.07, 6.45) is 0. The predicted molar refractivity (Wildman–Crippen MR) is 123 cm³/mol. The van der Waals surface area contributed by atoms with Gasteiger partial charge in [-0.3, -0.25) is 5.32 Å². The van der Waals surface area contributed by atoms with Gasteiger partial charge >= 0.3 is 12.0 Å². The Balaban J connectivity index is 1.78. The number of fused-ring (bicyclic) bond motifs is 1. The van der Waals surface area contributed by atoms with E-state index in [4.69, 9.17) is 4.74 Å². The summed E-state index contributed by atoms with van der Waals surface area (Å²) in [6, 6.07) is 11.3. The lowest BCUT2D eigenvalue weighted by Gasteiger charge is -2.08. The van der Waals surface area contributed by atoms with E-state index in [2.05, 4.69) is 25.6 Å². The van der Waals surface area contributed by atoms with E-state index in [-0.39, 0.29) is 17.7 Å². The van der Waals surface area contributed by atoms with Crippen LogP contribution in [0.1, 0.15) is 24.3 Å². The van der Waals surface area contributed by atoms with E-state index in [0.29, 0.717) is 28.7 Å². The van der Waals surface area contributed by atoms with Crippen LogP contribution in [0.15, 0.2) is 41.8 Å². The molecule has 0 atom stereocenters. The van der Waals surface area contributed by atoms with Crippen LogP contribution in [0, 0.1) is 0 Å². The van der Waals surface area contributed by atoms with Crippen LogP contribution in [0.2, 0.25) is 0 Å². The molecule has 4 aromatic rings. The Morgan fingerprint density at radius 2 is 1.90 bits per heavy atom. The summed E-state index contributed by atoms with van der Waals surface area (Å²) < 4.78 is 5.03. The lowest BCUT2D eigenvalue weighted by molar-refractivity contribution is 0.0520. The van der Waals surface area contributed by atoms with Crippen molar-refractivity contribution < 1.29 is 14.3 Å². The van der Waals surface area contributed by atoms with Crippen molar-refractivity contribution in [1.29, 1.82) is 0 Å². The second-order valence-electron chi connectivity index (χ2n) is 6.33. The third-order valence-electron chi connectivity index (χ3n) is 4.20. The summed E-state index contributed by atoms with van der Waals surface area (Å²) in [5, 5.41) is 8.59. The SMILES string of the molecule is CCNC(=O)Nc1nc(-c2ccccc2)c2cc(-c3nc(C(=O)OCC)cs3)sc2n1. The van der Waals surface area contributed by atoms with Crippen molar-refractivity contribution in [2.24, 2.45) is 0 Å². The molecule has 3 aromatic heterocycles. The van der Waals surface area contributed by atoms with Gasteiger partial charge in [-0.15, -0.1) is 22.7 Å². The zero-order valence-electron chi connectivity index (χ0n) is 16.8. The minimum Gasteiger partial charge on any atom is -0.461 e. The van der Waals surface area contributed by atoms with E-state index in [1.54, 1.807) is 12.3 Å². The van der Waals surface area contributed by atoms with Gasteiger partial charge in [0.05, 0.1) is 17.2 Å². The van der Waals surface area contributed by atoms with Crippen molar-refractivity contribution >= 4 is 50.8 Å². The molecule has 1 aromatic carbocycles. The smallest absolute Gasteiger partial charge is 0.357 e. The van der Waals surface area contributed by atoms with Crippen LogP contribution in [0.5, 0.6) is 0 Å². The number of urea groups is 1. The number of esters is 1. The van der Waals surface area contributed by atoms with Crippen LogP contribution in [-0.4, -0.2) is 40.1 Å². The van der Waals surface area contributed by atoms with Gasteiger partial charge in [0.1, 0.15) is 9.84 Å². The maximum atomic E-state index is 12.0. The van der Waals surface area contributed by atoms with Crippen molar-refractivity contribution in [2.75, 3.05) is 18.5 Å². The zero-order valence-corrected chi connectivity index (χ0v) is 18.5.